The first-order chi connectivity index (χ1) is 9.99. The summed E-state index contributed by atoms with van der Waals surface area (Å²) in [4.78, 5) is 37.3. The summed E-state index contributed by atoms with van der Waals surface area (Å²) < 4.78 is 2.40. The topological polar surface area (TPSA) is 61.1 Å². The molecular weight excluding hydrogens is 288 g/mol. The Morgan fingerprint density at radius 1 is 1.19 bits per heavy atom. The lowest BCUT2D eigenvalue weighted by atomic mass is 9.91. The molecule has 0 saturated heterocycles. The number of hydrogen-bond acceptors (Lipinski definition) is 4. The molecule has 1 aliphatic carbocycles. The van der Waals surface area contributed by atoms with Crippen molar-refractivity contribution in [2.45, 2.75) is 12.8 Å². The van der Waals surface area contributed by atoms with E-state index in [-0.39, 0.29) is 17.0 Å². The Balaban J connectivity index is 2.11. The summed E-state index contributed by atoms with van der Waals surface area (Å²) in [5.41, 5.74) is 0.962. The predicted molar refractivity (Wildman–Crippen MR) is 81.9 cm³/mol. The smallest absolute Gasteiger partial charge is 0.303 e. The van der Waals surface area contributed by atoms with Crippen LogP contribution in [-0.4, -0.2) is 14.9 Å². The molecule has 0 radical (unpaired) electrons. The zero-order valence-electron chi connectivity index (χ0n) is 11.8. The molecule has 1 aliphatic rings. The zero-order valence-corrected chi connectivity index (χ0v) is 12.6. The second kappa shape index (κ2) is 4.96. The molecule has 0 unspecified atom stereocenters. The molecular formula is C15H14N2O3S. The molecule has 2 aromatic heterocycles. The van der Waals surface area contributed by atoms with Crippen molar-refractivity contribution in [2.24, 2.45) is 14.1 Å². The van der Waals surface area contributed by atoms with Crippen molar-refractivity contribution in [1.82, 2.24) is 9.13 Å². The quantitative estimate of drug-likeness (QED) is 0.747. The number of thiophene rings is 1. The number of Topliss-reactive ketones (excluding diaryl/α,β-unsaturated/α-hetero) is 1. The van der Waals surface area contributed by atoms with Crippen molar-refractivity contribution >= 4 is 23.2 Å². The van der Waals surface area contributed by atoms with Gasteiger partial charge in [0, 0.05) is 36.3 Å². The number of rotatable bonds is 1. The molecule has 0 saturated carbocycles. The van der Waals surface area contributed by atoms with E-state index in [1.807, 2.05) is 11.4 Å². The maximum Gasteiger partial charge on any atom is 0.330 e. The van der Waals surface area contributed by atoms with Crippen LogP contribution in [0.3, 0.4) is 0 Å². The molecule has 2 heterocycles. The first-order valence-corrected chi connectivity index (χ1v) is 7.45. The number of aromatic nitrogens is 2. The van der Waals surface area contributed by atoms with Gasteiger partial charge >= 0.3 is 5.69 Å². The van der Waals surface area contributed by atoms with Crippen LogP contribution in [0.5, 0.6) is 0 Å². The second-order valence-corrected chi connectivity index (χ2v) is 6.10. The van der Waals surface area contributed by atoms with Crippen molar-refractivity contribution in [1.29, 1.82) is 0 Å². The molecule has 0 fully saturated rings. The van der Waals surface area contributed by atoms with Gasteiger partial charge in [-0.1, -0.05) is 0 Å². The van der Waals surface area contributed by atoms with Gasteiger partial charge in [-0.25, -0.2) is 4.79 Å². The van der Waals surface area contributed by atoms with E-state index >= 15 is 0 Å². The van der Waals surface area contributed by atoms with Crippen molar-refractivity contribution in [3.05, 3.63) is 60.1 Å². The Morgan fingerprint density at radius 2 is 1.95 bits per heavy atom. The minimum atomic E-state index is -0.380. The van der Waals surface area contributed by atoms with E-state index in [1.165, 1.54) is 17.8 Å². The van der Waals surface area contributed by atoms with E-state index in [0.29, 0.717) is 17.6 Å². The Bertz CT molecular complexity index is 883. The third-order valence-corrected chi connectivity index (χ3v) is 4.69. The summed E-state index contributed by atoms with van der Waals surface area (Å²) in [6.07, 6.45) is 4.54. The van der Waals surface area contributed by atoms with Crippen LogP contribution in [0.15, 0.2) is 32.8 Å². The van der Waals surface area contributed by atoms with Crippen molar-refractivity contribution < 1.29 is 4.79 Å². The van der Waals surface area contributed by atoms with E-state index in [4.69, 9.17) is 0 Å². The number of carbonyl (C=O) groups excluding carboxylic acids is 1. The summed E-state index contributed by atoms with van der Waals surface area (Å²) in [5.74, 6) is -0.0200. The van der Waals surface area contributed by atoms with E-state index in [0.717, 1.165) is 21.4 Å². The molecule has 108 valence electrons. The molecule has 5 nitrogen and oxygen atoms in total. The molecule has 2 aromatic rings. The van der Waals surface area contributed by atoms with Gasteiger partial charge in [-0.3, -0.25) is 14.2 Å². The van der Waals surface area contributed by atoms with Crippen LogP contribution in [-0.2, 0) is 20.5 Å². The monoisotopic (exact) mass is 302 g/mol. The average Bonchev–Trinajstić information content (AvgIpc) is 2.94. The van der Waals surface area contributed by atoms with Crippen LogP contribution in [0.1, 0.15) is 27.2 Å². The van der Waals surface area contributed by atoms with Crippen LogP contribution >= 0.6 is 11.3 Å². The molecule has 0 amide bonds. The number of carbonyl (C=O) groups is 1. The van der Waals surface area contributed by atoms with Crippen LogP contribution < -0.4 is 11.2 Å². The highest BCUT2D eigenvalue weighted by atomic mass is 32.1. The van der Waals surface area contributed by atoms with E-state index < -0.39 is 0 Å². The Hall–Kier alpha value is -2.21. The number of aryl methyl sites for hydroxylation is 2. The SMILES string of the molecule is Cn1cc(/C=C2/CCc3sccc3C2=O)c(=O)n(C)c1=O. The first-order valence-electron chi connectivity index (χ1n) is 6.57. The maximum absolute atomic E-state index is 12.4. The summed E-state index contributed by atoms with van der Waals surface area (Å²) in [5, 5.41) is 1.91. The van der Waals surface area contributed by atoms with Gasteiger partial charge in [0.25, 0.3) is 5.56 Å². The Kier molecular flexibility index (Phi) is 3.25. The van der Waals surface area contributed by atoms with Crippen LogP contribution in [0.4, 0.5) is 0 Å². The van der Waals surface area contributed by atoms with Crippen LogP contribution in [0.25, 0.3) is 6.08 Å². The highest BCUT2D eigenvalue weighted by Crippen LogP contribution is 2.29. The maximum atomic E-state index is 12.4. The standard InChI is InChI=1S/C15H14N2O3S/c1-16-8-10(14(19)17(2)15(16)20)7-9-3-4-12-11(13(9)18)5-6-21-12/h5-8H,3-4H2,1-2H3/b9-7-. The number of fused-ring (bicyclic) bond motifs is 1. The minimum Gasteiger partial charge on any atom is -0.303 e. The molecule has 0 atom stereocenters. The molecule has 0 aromatic carbocycles. The van der Waals surface area contributed by atoms with Gasteiger partial charge in [0.2, 0.25) is 0 Å². The van der Waals surface area contributed by atoms with Crippen molar-refractivity contribution in [3.63, 3.8) is 0 Å². The van der Waals surface area contributed by atoms with Crippen LogP contribution in [0.2, 0.25) is 0 Å². The molecule has 3 rings (SSSR count). The summed E-state index contributed by atoms with van der Waals surface area (Å²) in [7, 11) is 3.02. The highest BCUT2D eigenvalue weighted by Gasteiger charge is 2.23. The largest absolute Gasteiger partial charge is 0.330 e. The lowest BCUT2D eigenvalue weighted by Gasteiger charge is -2.13. The molecule has 0 aliphatic heterocycles. The molecule has 6 heteroatoms. The highest BCUT2D eigenvalue weighted by molar-refractivity contribution is 7.10. The Labute approximate surface area is 124 Å². The summed E-state index contributed by atoms with van der Waals surface area (Å²) >= 11 is 1.59. The van der Waals surface area contributed by atoms with Gasteiger partial charge in [0.1, 0.15) is 0 Å². The Morgan fingerprint density at radius 3 is 2.71 bits per heavy atom. The van der Waals surface area contributed by atoms with Gasteiger partial charge in [-0.15, -0.1) is 11.3 Å². The fraction of sp³-hybridized carbons (Fsp3) is 0.267. The van der Waals surface area contributed by atoms with E-state index in [2.05, 4.69) is 0 Å². The second-order valence-electron chi connectivity index (χ2n) is 5.10. The van der Waals surface area contributed by atoms with Crippen molar-refractivity contribution in [2.75, 3.05) is 0 Å². The van der Waals surface area contributed by atoms with E-state index in [1.54, 1.807) is 24.5 Å². The van der Waals surface area contributed by atoms with Gasteiger partial charge in [-0.2, -0.15) is 0 Å². The fourth-order valence-corrected chi connectivity index (χ4v) is 3.41. The van der Waals surface area contributed by atoms with E-state index in [9.17, 15) is 14.4 Å². The molecule has 0 N–H and O–H groups in total. The van der Waals surface area contributed by atoms with Gasteiger partial charge in [0.15, 0.2) is 5.78 Å². The fourth-order valence-electron chi connectivity index (χ4n) is 2.53. The summed E-state index contributed by atoms with van der Waals surface area (Å²) in [6, 6.07) is 1.83. The predicted octanol–water partition coefficient (Wildman–Crippen LogP) is 1.36. The third kappa shape index (κ3) is 2.21. The minimum absolute atomic E-state index is 0.0200. The van der Waals surface area contributed by atoms with Crippen LogP contribution in [0, 0.1) is 0 Å². The average molecular weight is 302 g/mol. The normalized spacial score (nSPS) is 16.3. The number of allylic oxidation sites excluding steroid dienone is 1. The number of nitrogens with zero attached hydrogens (tertiary/aromatic N) is 2. The van der Waals surface area contributed by atoms with Gasteiger partial charge in [-0.05, 0) is 30.4 Å². The summed E-state index contributed by atoms with van der Waals surface area (Å²) in [6.45, 7) is 0. The number of hydrogen-bond donors (Lipinski definition) is 0. The third-order valence-electron chi connectivity index (χ3n) is 3.71. The lowest BCUT2D eigenvalue weighted by Crippen LogP contribution is -2.37. The molecule has 21 heavy (non-hydrogen) atoms. The number of ketones is 1. The molecule has 0 spiro atoms. The zero-order chi connectivity index (χ0) is 15.1. The first kappa shape index (κ1) is 13.8. The lowest BCUT2D eigenvalue weighted by molar-refractivity contribution is 0.102. The van der Waals surface area contributed by atoms with Crippen molar-refractivity contribution in [3.8, 4) is 0 Å². The van der Waals surface area contributed by atoms with Gasteiger partial charge < -0.3 is 4.57 Å². The molecule has 0 bridgehead atoms. The van der Waals surface area contributed by atoms with Gasteiger partial charge in [0.05, 0.1) is 5.56 Å².